The zero-order chi connectivity index (χ0) is 9.14. The van der Waals surface area contributed by atoms with Crippen LogP contribution in [-0.4, -0.2) is 29.9 Å². The van der Waals surface area contributed by atoms with Crippen LogP contribution in [0.1, 0.15) is 26.7 Å². The molecule has 0 aromatic rings. The molecule has 2 unspecified atom stereocenters. The Morgan fingerprint density at radius 2 is 2.25 bits per heavy atom. The van der Waals surface area contributed by atoms with Gasteiger partial charge in [-0.15, -0.1) is 0 Å². The molecule has 1 fully saturated rings. The van der Waals surface area contributed by atoms with Gasteiger partial charge in [-0.1, -0.05) is 6.92 Å². The maximum atomic E-state index is 11.5. The zero-order valence-electron chi connectivity index (χ0n) is 7.92. The first-order chi connectivity index (χ1) is 5.66. The highest BCUT2D eigenvalue weighted by Crippen LogP contribution is 2.23. The number of nitrogens with zero attached hydrogens (tertiary/aromatic N) is 1. The Kier molecular flexibility index (Phi) is 3.09. The van der Waals surface area contributed by atoms with Gasteiger partial charge in [0.25, 0.3) is 0 Å². The molecule has 12 heavy (non-hydrogen) atoms. The van der Waals surface area contributed by atoms with Gasteiger partial charge in [0.05, 0.1) is 0 Å². The molecule has 3 heteroatoms. The Balaban J connectivity index is 2.46. The molecule has 1 aliphatic heterocycles. The molecule has 1 aliphatic rings. The van der Waals surface area contributed by atoms with Crippen molar-refractivity contribution in [3.05, 3.63) is 0 Å². The Morgan fingerprint density at radius 1 is 1.58 bits per heavy atom. The average Bonchev–Trinajstić information content (AvgIpc) is 2.25. The van der Waals surface area contributed by atoms with Crippen molar-refractivity contribution in [3.63, 3.8) is 0 Å². The van der Waals surface area contributed by atoms with Crippen molar-refractivity contribution in [2.24, 2.45) is 11.7 Å². The summed E-state index contributed by atoms with van der Waals surface area (Å²) in [6.45, 7) is 5.62. The third-order valence-corrected chi connectivity index (χ3v) is 2.53. The molecule has 0 saturated carbocycles. The molecule has 1 amide bonds. The number of hydrogen-bond donors (Lipinski definition) is 1. The van der Waals surface area contributed by atoms with Crippen LogP contribution in [0, 0.1) is 5.92 Å². The summed E-state index contributed by atoms with van der Waals surface area (Å²) in [5, 5.41) is 0. The van der Waals surface area contributed by atoms with E-state index in [1.54, 1.807) is 0 Å². The first kappa shape index (κ1) is 9.52. The van der Waals surface area contributed by atoms with Crippen LogP contribution >= 0.6 is 0 Å². The Labute approximate surface area is 73.9 Å². The minimum Gasteiger partial charge on any atom is -0.340 e. The van der Waals surface area contributed by atoms with Crippen LogP contribution in [0.2, 0.25) is 0 Å². The van der Waals surface area contributed by atoms with E-state index in [0.29, 0.717) is 18.5 Å². The lowest BCUT2D eigenvalue weighted by Crippen LogP contribution is -2.33. The van der Waals surface area contributed by atoms with Gasteiger partial charge in [-0.25, -0.2) is 0 Å². The van der Waals surface area contributed by atoms with Crippen molar-refractivity contribution < 1.29 is 4.79 Å². The van der Waals surface area contributed by atoms with Gasteiger partial charge < -0.3 is 10.6 Å². The Morgan fingerprint density at radius 3 is 2.67 bits per heavy atom. The normalized spacial score (nSPS) is 29.9. The fraction of sp³-hybridized carbons (Fsp3) is 0.889. The summed E-state index contributed by atoms with van der Waals surface area (Å²) < 4.78 is 0. The standard InChI is InChI=1S/C9H18N2O/c1-7-6-8(2)11(9(7)12)5-3-4-10/h7-8H,3-6,10H2,1-2H3. The highest BCUT2D eigenvalue weighted by Gasteiger charge is 2.32. The Hall–Kier alpha value is -0.570. The SMILES string of the molecule is CC1CC(C)N(CCCN)C1=O. The van der Waals surface area contributed by atoms with Gasteiger partial charge >= 0.3 is 0 Å². The molecule has 0 spiro atoms. The highest BCUT2D eigenvalue weighted by atomic mass is 16.2. The van der Waals surface area contributed by atoms with Gasteiger partial charge in [0.15, 0.2) is 0 Å². The predicted molar refractivity (Wildman–Crippen MR) is 48.6 cm³/mol. The minimum atomic E-state index is 0.220. The highest BCUT2D eigenvalue weighted by molar-refractivity contribution is 5.81. The lowest BCUT2D eigenvalue weighted by molar-refractivity contribution is -0.131. The first-order valence-electron chi connectivity index (χ1n) is 4.67. The van der Waals surface area contributed by atoms with Gasteiger partial charge in [-0.05, 0) is 26.3 Å². The van der Waals surface area contributed by atoms with Crippen molar-refractivity contribution in [2.45, 2.75) is 32.7 Å². The summed E-state index contributed by atoms with van der Waals surface area (Å²) in [7, 11) is 0. The van der Waals surface area contributed by atoms with Crippen LogP contribution in [0.15, 0.2) is 0 Å². The maximum Gasteiger partial charge on any atom is 0.225 e. The molecule has 2 N–H and O–H groups in total. The van der Waals surface area contributed by atoms with E-state index in [9.17, 15) is 4.79 Å². The van der Waals surface area contributed by atoms with E-state index in [2.05, 4.69) is 6.92 Å². The van der Waals surface area contributed by atoms with Gasteiger partial charge in [-0.2, -0.15) is 0 Å². The second-order valence-corrected chi connectivity index (χ2v) is 3.66. The summed E-state index contributed by atoms with van der Waals surface area (Å²) in [6, 6.07) is 0.416. The fourth-order valence-corrected chi connectivity index (χ4v) is 1.83. The molecule has 1 rings (SSSR count). The molecule has 3 nitrogen and oxygen atoms in total. The van der Waals surface area contributed by atoms with E-state index < -0.39 is 0 Å². The first-order valence-corrected chi connectivity index (χ1v) is 4.67. The van der Waals surface area contributed by atoms with Crippen LogP contribution < -0.4 is 5.73 Å². The minimum absolute atomic E-state index is 0.220. The van der Waals surface area contributed by atoms with E-state index >= 15 is 0 Å². The van der Waals surface area contributed by atoms with Crippen LogP contribution in [0.25, 0.3) is 0 Å². The van der Waals surface area contributed by atoms with Gasteiger partial charge in [0.2, 0.25) is 5.91 Å². The van der Waals surface area contributed by atoms with Crippen molar-refractivity contribution in [3.8, 4) is 0 Å². The molecule has 1 heterocycles. The van der Waals surface area contributed by atoms with Crippen molar-refractivity contribution in [2.75, 3.05) is 13.1 Å². The molecule has 0 bridgehead atoms. The average molecular weight is 170 g/mol. The predicted octanol–water partition coefficient (Wildman–Crippen LogP) is 0.592. The Bertz CT molecular complexity index is 170. The summed E-state index contributed by atoms with van der Waals surface area (Å²) in [5.74, 6) is 0.522. The smallest absolute Gasteiger partial charge is 0.225 e. The van der Waals surface area contributed by atoms with E-state index in [1.807, 2.05) is 11.8 Å². The number of nitrogens with two attached hydrogens (primary N) is 1. The van der Waals surface area contributed by atoms with Crippen LogP contribution in [-0.2, 0) is 4.79 Å². The van der Waals surface area contributed by atoms with Crippen LogP contribution in [0.3, 0.4) is 0 Å². The van der Waals surface area contributed by atoms with E-state index in [-0.39, 0.29) is 5.92 Å². The van der Waals surface area contributed by atoms with E-state index in [1.165, 1.54) is 0 Å². The van der Waals surface area contributed by atoms with Crippen LogP contribution in [0.4, 0.5) is 0 Å². The molecular formula is C9H18N2O. The van der Waals surface area contributed by atoms with Gasteiger partial charge in [-0.3, -0.25) is 4.79 Å². The van der Waals surface area contributed by atoms with Crippen molar-refractivity contribution >= 4 is 5.91 Å². The molecule has 2 atom stereocenters. The number of carbonyl (C=O) groups excluding carboxylic acids is 1. The maximum absolute atomic E-state index is 11.5. The molecule has 0 aromatic carbocycles. The number of hydrogen-bond acceptors (Lipinski definition) is 2. The van der Waals surface area contributed by atoms with E-state index in [4.69, 9.17) is 5.73 Å². The topological polar surface area (TPSA) is 46.3 Å². The summed E-state index contributed by atoms with van der Waals surface area (Å²) in [5.41, 5.74) is 5.39. The number of carbonyl (C=O) groups is 1. The second kappa shape index (κ2) is 3.90. The molecule has 70 valence electrons. The molecular weight excluding hydrogens is 152 g/mol. The summed E-state index contributed by atoms with van der Waals surface area (Å²) in [4.78, 5) is 13.5. The lowest BCUT2D eigenvalue weighted by Gasteiger charge is -2.20. The van der Waals surface area contributed by atoms with Crippen LogP contribution in [0.5, 0.6) is 0 Å². The molecule has 0 aliphatic carbocycles. The quantitative estimate of drug-likeness (QED) is 0.674. The van der Waals surface area contributed by atoms with Gasteiger partial charge in [0, 0.05) is 18.5 Å². The molecule has 0 radical (unpaired) electrons. The third kappa shape index (κ3) is 1.78. The molecule has 1 saturated heterocycles. The second-order valence-electron chi connectivity index (χ2n) is 3.66. The number of likely N-dealkylation sites (tertiary alicyclic amines) is 1. The lowest BCUT2D eigenvalue weighted by atomic mass is 10.1. The summed E-state index contributed by atoms with van der Waals surface area (Å²) >= 11 is 0. The number of amides is 1. The zero-order valence-corrected chi connectivity index (χ0v) is 7.92. The van der Waals surface area contributed by atoms with Crippen molar-refractivity contribution in [1.29, 1.82) is 0 Å². The fourth-order valence-electron chi connectivity index (χ4n) is 1.83. The third-order valence-electron chi connectivity index (χ3n) is 2.53. The monoisotopic (exact) mass is 170 g/mol. The summed E-state index contributed by atoms with van der Waals surface area (Å²) in [6.07, 6.45) is 1.92. The largest absolute Gasteiger partial charge is 0.340 e. The molecule has 0 aromatic heterocycles. The number of rotatable bonds is 3. The van der Waals surface area contributed by atoms with E-state index in [0.717, 1.165) is 19.4 Å². The van der Waals surface area contributed by atoms with Crippen molar-refractivity contribution in [1.82, 2.24) is 4.90 Å². The van der Waals surface area contributed by atoms with Gasteiger partial charge in [0.1, 0.15) is 0 Å².